The van der Waals surface area contributed by atoms with E-state index in [1.807, 2.05) is 0 Å². The predicted octanol–water partition coefficient (Wildman–Crippen LogP) is -0.812. The van der Waals surface area contributed by atoms with Crippen molar-refractivity contribution >= 4 is 29.5 Å². The number of aliphatic carboxylic acids is 1. The van der Waals surface area contributed by atoms with Crippen LogP contribution in [0.5, 0.6) is 0 Å². The third-order valence-electron chi connectivity index (χ3n) is 2.69. The van der Waals surface area contributed by atoms with Gasteiger partial charge in [0.05, 0.1) is 30.8 Å². The summed E-state index contributed by atoms with van der Waals surface area (Å²) in [5.74, 6) is -1.99. The van der Waals surface area contributed by atoms with E-state index in [2.05, 4.69) is 0 Å². The number of carboxylic acid groups (broad SMARTS) is 1. The molecular weight excluding hydrogens is 234 g/mol. The zero-order valence-electron chi connectivity index (χ0n) is 8.42. The standard InChI is InChI=1S/C9H11NO5S/c11-7-3-16-4-8(12)10(7)6-2-15-1-5(6)9(13)14/h5-6H,1-4H2,(H,13,14). The molecule has 2 heterocycles. The summed E-state index contributed by atoms with van der Waals surface area (Å²) in [6, 6.07) is -0.640. The summed E-state index contributed by atoms with van der Waals surface area (Å²) in [6.07, 6.45) is 0. The largest absolute Gasteiger partial charge is 0.481 e. The number of hydrogen-bond acceptors (Lipinski definition) is 5. The fourth-order valence-electron chi connectivity index (χ4n) is 1.91. The van der Waals surface area contributed by atoms with Crippen LogP contribution in [-0.4, -0.2) is 58.6 Å². The molecule has 0 radical (unpaired) electrons. The van der Waals surface area contributed by atoms with E-state index in [1.165, 1.54) is 11.8 Å². The fraction of sp³-hybridized carbons (Fsp3) is 0.667. The van der Waals surface area contributed by atoms with E-state index < -0.39 is 17.9 Å². The Labute approximate surface area is 95.9 Å². The number of hydrogen-bond donors (Lipinski definition) is 1. The summed E-state index contributed by atoms with van der Waals surface area (Å²) in [5, 5.41) is 8.95. The number of rotatable bonds is 2. The van der Waals surface area contributed by atoms with Gasteiger partial charge in [-0.2, -0.15) is 0 Å². The lowest BCUT2D eigenvalue weighted by molar-refractivity contribution is -0.149. The smallest absolute Gasteiger partial charge is 0.311 e. The van der Waals surface area contributed by atoms with Crippen molar-refractivity contribution in [3.63, 3.8) is 0 Å². The molecule has 2 aliphatic rings. The Morgan fingerprint density at radius 3 is 2.50 bits per heavy atom. The number of thioether (sulfide) groups is 1. The highest BCUT2D eigenvalue weighted by molar-refractivity contribution is 8.00. The van der Waals surface area contributed by atoms with E-state index >= 15 is 0 Å². The Morgan fingerprint density at radius 1 is 1.31 bits per heavy atom. The van der Waals surface area contributed by atoms with Gasteiger partial charge in [-0.05, 0) is 0 Å². The SMILES string of the molecule is O=C(O)C1COCC1N1C(=O)CSCC1=O. The Kier molecular flexibility index (Phi) is 3.15. The van der Waals surface area contributed by atoms with Crippen LogP contribution in [0.2, 0.25) is 0 Å². The second-order valence-corrected chi connectivity index (χ2v) is 4.69. The molecule has 0 aliphatic carbocycles. The molecule has 0 saturated carbocycles. The van der Waals surface area contributed by atoms with Crippen LogP contribution in [0.4, 0.5) is 0 Å². The quantitative estimate of drug-likeness (QED) is 0.640. The third kappa shape index (κ3) is 1.92. The molecule has 88 valence electrons. The first kappa shape index (κ1) is 11.4. The van der Waals surface area contributed by atoms with E-state index in [-0.39, 0.29) is 36.5 Å². The molecule has 0 spiro atoms. The van der Waals surface area contributed by atoms with Gasteiger partial charge in [-0.1, -0.05) is 0 Å². The molecule has 0 aromatic heterocycles. The number of imide groups is 1. The van der Waals surface area contributed by atoms with E-state index in [0.29, 0.717) is 0 Å². The molecule has 2 saturated heterocycles. The number of nitrogens with zero attached hydrogens (tertiary/aromatic N) is 1. The number of carbonyl (C=O) groups excluding carboxylic acids is 2. The second kappa shape index (κ2) is 4.42. The van der Waals surface area contributed by atoms with E-state index in [0.717, 1.165) is 4.90 Å². The van der Waals surface area contributed by atoms with E-state index in [4.69, 9.17) is 9.84 Å². The van der Waals surface area contributed by atoms with Gasteiger partial charge in [-0.15, -0.1) is 11.8 Å². The van der Waals surface area contributed by atoms with Gasteiger partial charge in [-0.25, -0.2) is 0 Å². The molecule has 2 fully saturated rings. The number of carboxylic acids is 1. The molecule has 1 N–H and O–H groups in total. The van der Waals surface area contributed by atoms with Crippen molar-refractivity contribution in [2.75, 3.05) is 24.7 Å². The summed E-state index contributed by atoms with van der Waals surface area (Å²) in [7, 11) is 0. The van der Waals surface area contributed by atoms with Crippen molar-refractivity contribution in [1.29, 1.82) is 0 Å². The highest BCUT2D eigenvalue weighted by Gasteiger charge is 2.43. The first-order chi connectivity index (χ1) is 7.61. The maximum Gasteiger partial charge on any atom is 0.311 e. The molecule has 2 atom stereocenters. The topological polar surface area (TPSA) is 83.9 Å². The monoisotopic (exact) mass is 245 g/mol. The Hall–Kier alpha value is -1.08. The molecule has 0 aromatic rings. The molecule has 2 rings (SSSR count). The molecule has 6 nitrogen and oxygen atoms in total. The van der Waals surface area contributed by atoms with E-state index in [9.17, 15) is 14.4 Å². The van der Waals surface area contributed by atoms with Gasteiger partial charge in [0.15, 0.2) is 0 Å². The minimum absolute atomic E-state index is 0.0597. The van der Waals surface area contributed by atoms with Crippen LogP contribution in [-0.2, 0) is 19.1 Å². The zero-order valence-corrected chi connectivity index (χ0v) is 9.24. The van der Waals surface area contributed by atoms with E-state index in [1.54, 1.807) is 0 Å². The van der Waals surface area contributed by atoms with Crippen molar-refractivity contribution in [1.82, 2.24) is 4.90 Å². The molecule has 2 amide bonds. The summed E-state index contributed by atoms with van der Waals surface area (Å²) >= 11 is 1.25. The van der Waals surface area contributed by atoms with Gasteiger partial charge in [-0.3, -0.25) is 19.3 Å². The van der Waals surface area contributed by atoms with Crippen LogP contribution < -0.4 is 0 Å². The average Bonchev–Trinajstić information content (AvgIpc) is 2.66. The second-order valence-electron chi connectivity index (χ2n) is 3.70. The number of ether oxygens (including phenoxy) is 1. The van der Waals surface area contributed by atoms with Crippen molar-refractivity contribution in [2.24, 2.45) is 5.92 Å². The fourth-order valence-corrected chi connectivity index (χ4v) is 2.64. The lowest BCUT2D eigenvalue weighted by atomic mass is 10.0. The minimum atomic E-state index is -1.03. The lowest BCUT2D eigenvalue weighted by Crippen LogP contribution is -2.53. The maximum atomic E-state index is 11.6. The first-order valence-electron chi connectivity index (χ1n) is 4.84. The lowest BCUT2D eigenvalue weighted by Gasteiger charge is -2.31. The van der Waals surface area contributed by atoms with Gasteiger partial charge in [0.25, 0.3) is 0 Å². The van der Waals surface area contributed by atoms with Crippen molar-refractivity contribution in [3.05, 3.63) is 0 Å². The summed E-state index contributed by atoms with van der Waals surface area (Å²) < 4.78 is 5.05. The highest BCUT2D eigenvalue weighted by atomic mass is 32.2. The normalized spacial score (nSPS) is 30.9. The zero-order chi connectivity index (χ0) is 11.7. The van der Waals surface area contributed by atoms with Crippen LogP contribution in [0.1, 0.15) is 0 Å². The minimum Gasteiger partial charge on any atom is -0.481 e. The van der Waals surface area contributed by atoms with Crippen molar-refractivity contribution < 1.29 is 24.2 Å². The number of carbonyl (C=O) groups is 3. The van der Waals surface area contributed by atoms with Gasteiger partial charge in [0, 0.05) is 0 Å². The summed E-state index contributed by atoms with van der Waals surface area (Å²) in [4.78, 5) is 35.2. The molecule has 16 heavy (non-hydrogen) atoms. The molecular formula is C9H11NO5S. The molecule has 0 aromatic carbocycles. The van der Waals surface area contributed by atoms with Crippen LogP contribution in [0.3, 0.4) is 0 Å². The van der Waals surface area contributed by atoms with Crippen molar-refractivity contribution in [3.8, 4) is 0 Å². The Bertz CT molecular complexity index is 329. The third-order valence-corrected chi connectivity index (χ3v) is 3.59. The number of amides is 2. The molecule has 7 heteroatoms. The Morgan fingerprint density at radius 2 is 1.94 bits per heavy atom. The molecule has 2 aliphatic heterocycles. The summed E-state index contributed by atoms with van der Waals surface area (Å²) in [5.41, 5.74) is 0. The maximum absolute atomic E-state index is 11.6. The van der Waals surface area contributed by atoms with Gasteiger partial charge in [0.1, 0.15) is 5.92 Å². The highest BCUT2D eigenvalue weighted by Crippen LogP contribution is 2.24. The van der Waals surface area contributed by atoms with Gasteiger partial charge < -0.3 is 9.84 Å². The van der Waals surface area contributed by atoms with Crippen LogP contribution in [0, 0.1) is 5.92 Å². The van der Waals surface area contributed by atoms with Crippen LogP contribution in [0.25, 0.3) is 0 Å². The molecule has 0 bridgehead atoms. The van der Waals surface area contributed by atoms with Crippen molar-refractivity contribution in [2.45, 2.75) is 6.04 Å². The van der Waals surface area contributed by atoms with Crippen LogP contribution in [0.15, 0.2) is 0 Å². The average molecular weight is 245 g/mol. The summed E-state index contributed by atoms with van der Waals surface area (Å²) in [6.45, 7) is 0.184. The van der Waals surface area contributed by atoms with Gasteiger partial charge in [0.2, 0.25) is 11.8 Å². The Balaban J connectivity index is 2.18. The molecule has 2 unspecified atom stereocenters. The van der Waals surface area contributed by atoms with Gasteiger partial charge >= 0.3 is 5.97 Å². The predicted molar refractivity (Wildman–Crippen MR) is 54.9 cm³/mol. The first-order valence-corrected chi connectivity index (χ1v) is 6.00. The van der Waals surface area contributed by atoms with Crippen LogP contribution >= 0.6 is 11.8 Å².